The van der Waals surface area contributed by atoms with Gasteiger partial charge in [-0.15, -0.1) is 0 Å². The first kappa shape index (κ1) is 15.8. The highest BCUT2D eigenvalue weighted by molar-refractivity contribution is 6.34. The third-order valence-electron chi connectivity index (χ3n) is 3.59. The van der Waals surface area contributed by atoms with Gasteiger partial charge in [0.2, 0.25) is 5.91 Å². The summed E-state index contributed by atoms with van der Waals surface area (Å²) in [7, 11) is 1.56. The molecule has 6 heteroatoms. The minimum atomic E-state index is -0.213. The van der Waals surface area contributed by atoms with E-state index in [0.29, 0.717) is 16.3 Å². The summed E-state index contributed by atoms with van der Waals surface area (Å²) in [4.78, 5) is 23.9. The molecule has 1 unspecified atom stereocenters. The molecule has 0 bridgehead atoms. The summed E-state index contributed by atoms with van der Waals surface area (Å²) in [6.07, 6.45) is 4.09. The molecule has 5 nitrogen and oxygen atoms in total. The molecule has 1 saturated heterocycles. The van der Waals surface area contributed by atoms with Gasteiger partial charge in [0.25, 0.3) is 5.91 Å². The predicted molar refractivity (Wildman–Crippen MR) is 83.7 cm³/mol. The SMILES string of the molecule is CNC(=O)c1ccc(Cl)c(NC(=O)C2CCCCCN2)c1. The molecule has 114 valence electrons. The number of anilines is 1. The lowest BCUT2D eigenvalue weighted by Crippen LogP contribution is -2.39. The number of nitrogens with one attached hydrogen (secondary N) is 3. The summed E-state index contributed by atoms with van der Waals surface area (Å²) in [6, 6.07) is 4.63. The van der Waals surface area contributed by atoms with Gasteiger partial charge in [0, 0.05) is 12.6 Å². The molecule has 1 atom stereocenters. The van der Waals surface area contributed by atoms with Crippen LogP contribution >= 0.6 is 11.6 Å². The molecule has 1 fully saturated rings. The minimum absolute atomic E-state index is 0.104. The summed E-state index contributed by atoms with van der Waals surface area (Å²) in [5.41, 5.74) is 0.930. The fourth-order valence-electron chi connectivity index (χ4n) is 2.38. The molecule has 2 rings (SSSR count). The molecule has 0 saturated carbocycles. The summed E-state index contributed by atoms with van der Waals surface area (Å²) in [5, 5.41) is 9.02. The van der Waals surface area contributed by atoms with Crippen LogP contribution in [0.25, 0.3) is 0 Å². The second-order valence-corrected chi connectivity index (χ2v) is 5.53. The van der Waals surface area contributed by atoms with Gasteiger partial charge < -0.3 is 16.0 Å². The van der Waals surface area contributed by atoms with Crippen LogP contribution in [0.4, 0.5) is 5.69 Å². The van der Waals surface area contributed by atoms with Crippen molar-refractivity contribution in [3.05, 3.63) is 28.8 Å². The molecule has 1 aliphatic heterocycles. The zero-order valence-electron chi connectivity index (χ0n) is 12.0. The smallest absolute Gasteiger partial charge is 0.251 e. The van der Waals surface area contributed by atoms with Gasteiger partial charge in [-0.3, -0.25) is 9.59 Å². The van der Waals surface area contributed by atoms with Crippen molar-refractivity contribution in [1.82, 2.24) is 10.6 Å². The standard InChI is InChI=1S/C15H20ClN3O2/c1-17-14(20)10-6-7-11(16)13(9-10)19-15(21)12-5-3-2-4-8-18-12/h6-7,9,12,18H,2-5,8H2,1H3,(H,17,20)(H,19,21). The van der Waals surface area contributed by atoms with Crippen LogP contribution in [0.1, 0.15) is 36.0 Å². The fraction of sp³-hybridized carbons (Fsp3) is 0.467. The second kappa shape index (κ2) is 7.43. The van der Waals surface area contributed by atoms with E-state index in [4.69, 9.17) is 11.6 Å². The van der Waals surface area contributed by atoms with E-state index in [9.17, 15) is 9.59 Å². The fourth-order valence-corrected chi connectivity index (χ4v) is 2.54. The van der Waals surface area contributed by atoms with E-state index in [1.165, 1.54) is 0 Å². The highest BCUT2D eigenvalue weighted by atomic mass is 35.5. The topological polar surface area (TPSA) is 70.2 Å². The molecule has 0 radical (unpaired) electrons. The van der Waals surface area contributed by atoms with Crippen LogP contribution in [0.5, 0.6) is 0 Å². The number of carbonyl (C=O) groups is 2. The normalized spacial score (nSPS) is 18.7. The number of halogens is 1. The van der Waals surface area contributed by atoms with Crippen molar-refractivity contribution in [2.75, 3.05) is 18.9 Å². The average molecular weight is 310 g/mol. The van der Waals surface area contributed by atoms with Crippen molar-refractivity contribution in [3.63, 3.8) is 0 Å². The van der Waals surface area contributed by atoms with Crippen LogP contribution < -0.4 is 16.0 Å². The van der Waals surface area contributed by atoms with Crippen LogP contribution in [0.15, 0.2) is 18.2 Å². The van der Waals surface area contributed by atoms with E-state index in [2.05, 4.69) is 16.0 Å². The van der Waals surface area contributed by atoms with Crippen LogP contribution in [0.2, 0.25) is 5.02 Å². The third kappa shape index (κ3) is 4.19. The van der Waals surface area contributed by atoms with E-state index >= 15 is 0 Å². The Morgan fingerprint density at radius 2 is 2.10 bits per heavy atom. The van der Waals surface area contributed by atoms with Crippen LogP contribution in [-0.2, 0) is 4.79 Å². The van der Waals surface area contributed by atoms with Crippen molar-refractivity contribution in [3.8, 4) is 0 Å². The van der Waals surface area contributed by atoms with E-state index in [1.54, 1.807) is 25.2 Å². The first-order valence-corrected chi connectivity index (χ1v) is 7.55. The van der Waals surface area contributed by atoms with Gasteiger partial charge in [-0.2, -0.15) is 0 Å². The van der Waals surface area contributed by atoms with Crippen molar-refractivity contribution >= 4 is 29.1 Å². The monoisotopic (exact) mass is 309 g/mol. The highest BCUT2D eigenvalue weighted by Gasteiger charge is 2.20. The van der Waals surface area contributed by atoms with Gasteiger partial charge in [0.15, 0.2) is 0 Å². The second-order valence-electron chi connectivity index (χ2n) is 5.12. The van der Waals surface area contributed by atoms with Crippen LogP contribution in [0.3, 0.4) is 0 Å². The van der Waals surface area contributed by atoms with Crippen molar-refractivity contribution in [2.45, 2.75) is 31.7 Å². The Hall–Kier alpha value is -1.59. The molecule has 1 heterocycles. The molecule has 21 heavy (non-hydrogen) atoms. The Morgan fingerprint density at radius 3 is 2.86 bits per heavy atom. The van der Waals surface area contributed by atoms with Gasteiger partial charge in [-0.25, -0.2) is 0 Å². The Bertz CT molecular complexity index is 526. The largest absolute Gasteiger partial charge is 0.355 e. The maximum atomic E-state index is 12.3. The zero-order chi connectivity index (χ0) is 15.2. The molecule has 0 aliphatic carbocycles. The van der Waals surface area contributed by atoms with Crippen molar-refractivity contribution < 1.29 is 9.59 Å². The summed E-state index contributed by atoms with van der Waals surface area (Å²) in [6.45, 7) is 0.851. The molecule has 2 amide bonds. The van der Waals surface area contributed by atoms with E-state index < -0.39 is 0 Å². The van der Waals surface area contributed by atoms with Gasteiger partial charge >= 0.3 is 0 Å². The molecular formula is C15H20ClN3O2. The Labute approximate surface area is 129 Å². The number of hydrogen-bond acceptors (Lipinski definition) is 3. The first-order valence-electron chi connectivity index (χ1n) is 7.17. The quantitative estimate of drug-likeness (QED) is 0.801. The lowest BCUT2D eigenvalue weighted by molar-refractivity contribution is -0.118. The van der Waals surface area contributed by atoms with Gasteiger partial charge in [0.1, 0.15) is 0 Å². The average Bonchev–Trinajstić information content (AvgIpc) is 2.77. The number of benzene rings is 1. The molecule has 0 spiro atoms. The molecule has 0 aromatic heterocycles. The van der Waals surface area contributed by atoms with E-state index in [1.807, 2.05) is 0 Å². The molecule has 3 N–H and O–H groups in total. The van der Waals surface area contributed by atoms with Crippen LogP contribution in [-0.4, -0.2) is 31.4 Å². The number of amides is 2. The maximum absolute atomic E-state index is 12.3. The first-order chi connectivity index (χ1) is 10.1. The Kier molecular flexibility index (Phi) is 5.59. The Morgan fingerprint density at radius 1 is 1.29 bits per heavy atom. The van der Waals surface area contributed by atoms with E-state index in [0.717, 1.165) is 32.2 Å². The Balaban J connectivity index is 2.10. The summed E-state index contributed by atoms with van der Waals surface area (Å²) >= 11 is 6.09. The van der Waals surface area contributed by atoms with Crippen molar-refractivity contribution in [2.24, 2.45) is 0 Å². The predicted octanol–water partition coefficient (Wildman–Crippen LogP) is 2.17. The molecule has 1 aromatic carbocycles. The highest BCUT2D eigenvalue weighted by Crippen LogP contribution is 2.23. The maximum Gasteiger partial charge on any atom is 0.251 e. The van der Waals surface area contributed by atoms with Crippen molar-refractivity contribution in [1.29, 1.82) is 0 Å². The lowest BCUT2D eigenvalue weighted by Gasteiger charge is -2.16. The number of hydrogen-bond donors (Lipinski definition) is 3. The third-order valence-corrected chi connectivity index (χ3v) is 3.92. The summed E-state index contributed by atoms with van der Waals surface area (Å²) in [5.74, 6) is -0.317. The van der Waals surface area contributed by atoms with E-state index in [-0.39, 0.29) is 17.9 Å². The molecule has 1 aliphatic rings. The van der Waals surface area contributed by atoms with Gasteiger partial charge in [0.05, 0.1) is 16.8 Å². The minimum Gasteiger partial charge on any atom is -0.355 e. The van der Waals surface area contributed by atoms with Gasteiger partial charge in [-0.1, -0.05) is 24.4 Å². The van der Waals surface area contributed by atoms with Crippen LogP contribution in [0, 0.1) is 0 Å². The molecular weight excluding hydrogens is 290 g/mol. The number of rotatable bonds is 3. The van der Waals surface area contributed by atoms with Gasteiger partial charge in [-0.05, 0) is 37.6 Å². The number of carbonyl (C=O) groups excluding carboxylic acids is 2. The lowest BCUT2D eigenvalue weighted by atomic mass is 10.1. The zero-order valence-corrected chi connectivity index (χ0v) is 12.8. The molecule has 1 aromatic rings. The summed E-state index contributed by atoms with van der Waals surface area (Å²) < 4.78 is 0.